The molecule has 8 N–H and O–H groups in total. The molecule has 0 amide bonds. The van der Waals surface area contributed by atoms with Gasteiger partial charge in [-0.15, -0.1) is 0 Å². The maximum Gasteiger partial charge on any atom is 2.00 e. The molecule has 18 heteroatoms. The third kappa shape index (κ3) is 10.6. The van der Waals surface area contributed by atoms with Gasteiger partial charge in [0.25, 0.3) is 0 Å². The number of carboxylic acids is 4. The number of carbonyl (C=O) groups excluding carboxylic acids is 4. The van der Waals surface area contributed by atoms with Crippen molar-refractivity contribution in [2.24, 2.45) is 0 Å². The van der Waals surface area contributed by atoms with Gasteiger partial charge in [0.05, 0.1) is 46.7 Å². The number of para-hydroxylation sites is 4. The van der Waals surface area contributed by atoms with Gasteiger partial charge in [-0.25, -0.2) is 19.9 Å². The Morgan fingerprint density at radius 1 is 0.345 bits per heavy atom. The molecule has 0 aliphatic heterocycles. The molecule has 0 fully saturated rings. The molecule has 0 unspecified atom stereocenters. The largest absolute Gasteiger partial charge is 2.00 e. The number of pyridine rings is 4. The molecule has 58 heavy (non-hydrogen) atoms. The number of aromatic carboxylic acids is 4. The van der Waals surface area contributed by atoms with Crippen molar-refractivity contribution in [3.8, 4) is 23.0 Å². The summed E-state index contributed by atoms with van der Waals surface area (Å²) in [4.78, 5) is 57.1. The Labute approximate surface area is 336 Å². The molecule has 0 aliphatic rings. The molecule has 0 bridgehead atoms. The van der Waals surface area contributed by atoms with E-state index in [1.807, 2.05) is 0 Å². The van der Waals surface area contributed by atoms with Crippen LogP contribution in [0.2, 0.25) is 0 Å². The van der Waals surface area contributed by atoms with Gasteiger partial charge in [-0.3, -0.25) is 0 Å². The third-order valence-electron chi connectivity index (χ3n) is 7.63. The van der Waals surface area contributed by atoms with Crippen LogP contribution < -0.4 is 20.4 Å². The Balaban J connectivity index is 0.000000205. The molecular weight excluding hydrogens is 808 g/mol. The van der Waals surface area contributed by atoms with E-state index in [2.05, 4.69) is 19.9 Å². The van der Waals surface area contributed by atoms with Crippen LogP contribution in [0.3, 0.4) is 0 Å². The molecule has 4 aromatic carbocycles. The van der Waals surface area contributed by atoms with Gasteiger partial charge in [0.2, 0.25) is 0 Å². The number of carboxylic acid groups (broad SMARTS) is 4. The normalized spacial score (nSPS) is 9.93. The van der Waals surface area contributed by atoms with E-state index in [0.29, 0.717) is 21.5 Å². The zero-order chi connectivity index (χ0) is 40.5. The van der Waals surface area contributed by atoms with Crippen LogP contribution in [0.5, 0.6) is 23.0 Å². The van der Waals surface area contributed by atoms with Crippen molar-refractivity contribution in [3.05, 3.63) is 144 Å². The summed E-state index contributed by atoms with van der Waals surface area (Å²) in [5.41, 5.74) is 0.364. The van der Waals surface area contributed by atoms with Crippen LogP contribution in [0.25, 0.3) is 43.6 Å². The molecule has 17 nitrogen and oxygen atoms in total. The Morgan fingerprint density at radius 3 is 0.707 bits per heavy atom. The summed E-state index contributed by atoms with van der Waals surface area (Å²) in [7, 11) is 0. The summed E-state index contributed by atoms with van der Waals surface area (Å²) < 4.78 is 0. The minimum absolute atomic E-state index is 0. The molecule has 0 spiro atoms. The van der Waals surface area contributed by atoms with Gasteiger partial charge in [0.15, 0.2) is 0 Å². The quantitative estimate of drug-likeness (QED) is 0.170. The number of hydrogen-bond donors (Lipinski definition) is 4. The molecule has 8 rings (SSSR count). The predicted octanol–water partition coefficient (Wildman–Crippen LogP) is 0.0235. The van der Waals surface area contributed by atoms with Gasteiger partial charge in [0.1, 0.15) is 45.1 Å². The van der Waals surface area contributed by atoms with E-state index in [0.717, 1.165) is 0 Å². The summed E-state index contributed by atoms with van der Waals surface area (Å²) in [6, 6.07) is 31.1. The SMILES string of the molecule is O=C([O-])c1ccc2cccc(O)c2n1.O=C([O-])c1ccc2cccc(O)c2n1.O=C([O-])c1ccc2cccc(O)c2n1.O=C([O-])c1ccc2cccc(O)c2n1.[Cu+2].[OH4+2]. The summed E-state index contributed by atoms with van der Waals surface area (Å²) in [6.07, 6.45) is 0. The number of aromatic nitrogens is 4. The average molecular weight is 836 g/mol. The number of benzene rings is 4. The van der Waals surface area contributed by atoms with Gasteiger partial charge < -0.3 is 65.5 Å². The second-order valence-corrected chi connectivity index (χ2v) is 11.3. The third-order valence-corrected chi connectivity index (χ3v) is 7.63. The molecule has 297 valence electrons. The number of carbonyl (C=O) groups is 4. The van der Waals surface area contributed by atoms with Gasteiger partial charge in [-0.05, 0) is 48.5 Å². The van der Waals surface area contributed by atoms with Gasteiger partial charge in [-0.2, -0.15) is 0 Å². The van der Waals surface area contributed by atoms with Crippen molar-refractivity contribution in [2.75, 3.05) is 0 Å². The number of hydrogen-bond acceptors (Lipinski definition) is 16. The molecule has 0 atom stereocenters. The Bertz CT molecular complexity index is 2420. The van der Waals surface area contributed by atoms with Crippen LogP contribution in [0, 0.1) is 0 Å². The molecule has 0 saturated carbocycles. The Morgan fingerprint density at radius 2 is 0.534 bits per heavy atom. The summed E-state index contributed by atoms with van der Waals surface area (Å²) >= 11 is 0. The van der Waals surface area contributed by atoms with Crippen LogP contribution in [-0.2, 0) is 22.5 Å². The van der Waals surface area contributed by atoms with Crippen molar-refractivity contribution in [3.63, 3.8) is 0 Å². The monoisotopic (exact) mass is 835 g/mol. The number of nitrogens with zero attached hydrogens (tertiary/aromatic N) is 4. The van der Waals surface area contributed by atoms with Crippen LogP contribution in [0.4, 0.5) is 0 Å². The van der Waals surface area contributed by atoms with Crippen molar-refractivity contribution >= 4 is 67.5 Å². The fourth-order valence-corrected chi connectivity index (χ4v) is 4.98. The second kappa shape index (κ2) is 19.6. The first-order valence-electron chi connectivity index (χ1n) is 15.9. The van der Waals surface area contributed by atoms with E-state index in [1.54, 1.807) is 72.8 Å². The van der Waals surface area contributed by atoms with Crippen molar-refractivity contribution in [1.29, 1.82) is 0 Å². The first kappa shape index (κ1) is 44.5. The standard InChI is InChI=1S/4C10H7NO3.Cu.H4O/c4*12-8-3-1-2-6-4-5-7(10(13)14)11-9(6)8;;/h4*1-5,12H,(H,13,14);;1H4/q;;;;2*+2/p-4. The molecule has 1 radical (unpaired) electrons. The smallest absolute Gasteiger partial charge is 0.873 e. The topological polar surface area (TPSA) is 328 Å². The number of aromatic hydroxyl groups is 4. The van der Waals surface area contributed by atoms with Gasteiger partial charge in [-0.1, -0.05) is 72.8 Å². The second-order valence-electron chi connectivity index (χ2n) is 11.3. The number of phenolic OH excluding ortho intramolecular Hbond substituents is 4. The van der Waals surface area contributed by atoms with Crippen LogP contribution in [0.15, 0.2) is 121 Å². The number of rotatable bonds is 4. The molecule has 4 aromatic heterocycles. The number of fused-ring (bicyclic) bond motifs is 4. The van der Waals surface area contributed by atoms with Crippen LogP contribution >= 0.6 is 0 Å². The van der Waals surface area contributed by atoms with Crippen LogP contribution in [-0.4, -0.2) is 64.2 Å². The minimum Gasteiger partial charge on any atom is -0.873 e. The first-order valence-corrected chi connectivity index (χ1v) is 15.9. The molecule has 8 aromatic rings. The molecule has 0 aliphatic carbocycles. The summed E-state index contributed by atoms with van der Waals surface area (Å²) in [5.74, 6) is -5.55. The predicted molar refractivity (Wildman–Crippen MR) is 197 cm³/mol. The molecular formula is C40H28CuN4O13. The minimum atomic E-state index is -1.35. The van der Waals surface area contributed by atoms with Gasteiger partial charge in [0, 0.05) is 21.5 Å². The summed E-state index contributed by atoms with van der Waals surface area (Å²) in [5, 5.41) is 82.4. The zero-order valence-electron chi connectivity index (χ0n) is 29.4. The average Bonchev–Trinajstić information content (AvgIpc) is 3.19. The molecule has 0 saturated heterocycles. The van der Waals surface area contributed by atoms with Crippen molar-refractivity contribution < 1.29 is 82.6 Å². The van der Waals surface area contributed by atoms with E-state index >= 15 is 0 Å². The maximum absolute atomic E-state index is 10.5. The van der Waals surface area contributed by atoms with Crippen molar-refractivity contribution in [2.45, 2.75) is 0 Å². The van der Waals surface area contributed by atoms with E-state index in [-0.39, 0.29) is 90.4 Å². The molecule has 4 heterocycles. The zero-order valence-corrected chi connectivity index (χ0v) is 30.3. The fraction of sp³-hybridized carbons (Fsp3) is 0. The van der Waals surface area contributed by atoms with Gasteiger partial charge >= 0.3 is 17.1 Å². The summed E-state index contributed by atoms with van der Waals surface area (Å²) in [6.45, 7) is 0. The van der Waals surface area contributed by atoms with E-state index in [1.165, 1.54) is 48.5 Å². The van der Waals surface area contributed by atoms with Crippen LogP contribution in [0.1, 0.15) is 42.0 Å². The maximum atomic E-state index is 10.5. The number of phenols is 4. The van der Waals surface area contributed by atoms with E-state index in [4.69, 9.17) is 0 Å². The Hall–Kier alpha value is -7.92. The fourth-order valence-electron chi connectivity index (χ4n) is 4.98. The first-order chi connectivity index (χ1) is 26.7. The van der Waals surface area contributed by atoms with Crippen molar-refractivity contribution in [1.82, 2.24) is 19.9 Å². The van der Waals surface area contributed by atoms with E-state index in [9.17, 15) is 60.0 Å². The van der Waals surface area contributed by atoms with E-state index < -0.39 is 23.9 Å². The Kier molecular flexibility index (Phi) is 15.0.